The van der Waals surface area contributed by atoms with Crippen molar-refractivity contribution in [3.8, 4) is 0 Å². The summed E-state index contributed by atoms with van der Waals surface area (Å²) in [4.78, 5) is 23.0. The topological polar surface area (TPSA) is 46.5 Å². The molecule has 2 rings (SSSR count). The van der Waals surface area contributed by atoms with Gasteiger partial charge in [-0.2, -0.15) is 0 Å². The van der Waals surface area contributed by atoms with Gasteiger partial charge >= 0.3 is 5.97 Å². The van der Waals surface area contributed by atoms with E-state index in [1.54, 1.807) is 0 Å². The standard InChI is InChI=1S/C20H26O3Si/c1-3-23-20(21)11-7-8-16-24(22,18-9-5-4-6-10-18)19-14-12-17(2)13-15-19/h4-6,9-10,12-15,22H,3,7-8,11,16H2,1-2H3. The molecule has 0 aliphatic carbocycles. The van der Waals surface area contributed by atoms with Crippen LogP contribution in [0.1, 0.15) is 31.7 Å². The highest BCUT2D eigenvalue weighted by Gasteiger charge is 2.35. The van der Waals surface area contributed by atoms with Crippen molar-refractivity contribution in [3.05, 3.63) is 60.2 Å². The van der Waals surface area contributed by atoms with Crippen LogP contribution < -0.4 is 10.4 Å². The fourth-order valence-electron chi connectivity index (χ4n) is 2.88. The molecule has 0 amide bonds. The summed E-state index contributed by atoms with van der Waals surface area (Å²) < 4.78 is 4.97. The van der Waals surface area contributed by atoms with Crippen LogP contribution in [-0.2, 0) is 9.53 Å². The van der Waals surface area contributed by atoms with Crippen LogP contribution in [0.25, 0.3) is 0 Å². The third kappa shape index (κ3) is 4.79. The van der Waals surface area contributed by atoms with Gasteiger partial charge in [0.1, 0.15) is 0 Å². The van der Waals surface area contributed by atoms with E-state index < -0.39 is 8.32 Å². The zero-order valence-corrected chi connectivity index (χ0v) is 15.5. The van der Waals surface area contributed by atoms with Crippen LogP contribution >= 0.6 is 0 Å². The van der Waals surface area contributed by atoms with Gasteiger partial charge in [0.05, 0.1) is 6.61 Å². The first kappa shape index (κ1) is 18.4. The molecule has 0 bridgehead atoms. The smallest absolute Gasteiger partial charge is 0.305 e. The minimum atomic E-state index is -2.77. The van der Waals surface area contributed by atoms with Crippen molar-refractivity contribution < 1.29 is 14.3 Å². The number of aryl methyl sites for hydroxylation is 1. The number of carbonyl (C=O) groups excluding carboxylic acids is 1. The Kier molecular flexibility index (Phi) is 6.76. The van der Waals surface area contributed by atoms with Gasteiger partial charge in [-0.1, -0.05) is 66.6 Å². The van der Waals surface area contributed by atoms with E-state index in [0.29, 0.717) is 19.1 Å². The van der Waals surface area contributed by atoms with E-state index in [4.69, 9.17) is 4.74 Å². The summed E-state index contributed by atoms with van der Waals surface area (Å²) in [6.07, 6.45) is 1.97. The summed E-state index contributed by atoms with van der Waals surface area (Å²) in [6, 6.07) is 18.8. The second-order valence-corrected chi connectivity index (χ2v) is 9.48. The van der Waals surface area contributed by atoms with E-state index in [2.05, 4.69) is 12.1 Å². The second kappa shape index (κ2) is 8.80. The van der Waals surface area contributed by atoms with Crippen molar-refractivity contribution in [3.63, 3.8) is 0 Å². The molecule has 0 spiro atoms. The monoisotopic (exact) mass is 342 g/mol. The van der Waals surface area contributed by atoms with Crippen molar-refractivity contribution in [1.29, 1.82) is 0 Å². The largest absolute Gasteiger partial charge is 0.466 e. The lowest BCUT2D eigenvalue weighted by atomic mass is 10.2. The number of carbonyl (C=O) groups is 1. The highest BCUT2D eigenvalue weighted by Crippen LogP contribution is 2.14. The lowest BCUT2D eigenvalue weighted by Gasteiger charge is -2.26. The maximum atomic E-state index is 11.5. The van der Waals surface area contributed by atoms with Crippen LogP contribution in [0.5, 0.6) is 0 Å². The number of benzene rings is 2. The van der Waals surface area contributed by atoms with Crippen LogP contribution in [0.2, 0.25) is 6.04 Å². The van der Waals surface area contributed by atoms with E-state index in [1.165, 1.54) is 5.56 Å². The van der Waals surface area contributed by atoms with Gasteiger partial charge in [-0.05, 0) is 36.7 Å². The zero-order valence-electron chi connectivity index (χ0n) is 14.5. The summed E-state index contributed by atoms with van der Waals surface area (Å²) in [5.74, 6) is -0.155. The Morgan fingerprint density at radius 1 is 1.00 bits per heavy atom. The van der Waals surface area contributed by atoms with Crippen LogP contribution in [0.3, 0.4) is 0 Å². The molecule has 0 heterocycles. The average molecular weight is 343 g/mol. The van der Waals surface area contributed by atoms with Gasteiger partial charge in [-0.25, -0.2) is 0 Å². The molecule has 2 aromatic rings. The third-order valence-electron chi connectivity index (χ3n) is 4.26. The lowest BCUT2D eigenvalue weighted by molar-refractivity contribution is -0.143. The third-order valence-corrected chi connectivity index (χ3v) is 7.91. The summed E-state index contributed by atoms with van der Waals surface area (Å²) in [5.41, 5.74) is 1.19. The minimum Gasteiger partial charge on any atom is -0.466 e. The highest BCUT2D eigenvalue weighted by molar-refractivity contribution is 6.96. The number of rotatable bonds is 8. The SMILES string of the molecule is CCOC(=O)CCCC[Si](O)(c1ccccc1)c1ccc(C)cc1. The molecule has 24 heavy (non-hydrogen) atoms. The van der Waals surface area contributed by atoms with Crippen molar-refractivity contribution in [2.24, 2.45) is 0 Å². The fourth-order valence-corrected chi connectivity index (χ4v) is 6.02. The predicted molar refractivity (Wildman–Crippen MR) is 100 cm³/mol. The van der Waals surface area contributed by atoms with E-state index in [-0.39, 0.29) is 5.97 Å². The van der Waals surface area contributed by atoms with Crippen molar-refractivity contribution >= 4 is 24.7 Å². The van der Waals surface area contributed by atoms with E-state index in [1.807, 2.05) is 56.3 Å². The summed E-state index contributed by atoms with van der Waals surface area (Å²) >= 11 is 0. The molecule has 4 heteroatoms. The maximum absolute atomic E-state index is 11.5. The first-order valence-electron chi connectivity index (χ1n) is 8.57. The van der Waals surface area contributed by atoms with Crippen molar-refractivity contribution in [1.82, 2.24) is 0 Å². The van der Waals surface area contributed by atoms with E-state index in [9.17, 15) is 9.59 Å². The van der Waals surface area contributed by atoms with Crippen LogP contribution in [-0.4, -0.2) is 25.7 Å². The molecule has 2 aromatic carbocycles. The van der Waals surface area contributed by atoms with Gasteiger partial charge in [0, 0.05) is 6.42 Å². The normalized spacial score (nSPS) is 13.3. The fraction of sp³-hybridized carbons (Fsp3) is 0.350. The summed E-state index contributed by atoms with van der Waals surface area (Å²) in [5, 5.41) is 2.04. The number of unbranched alkanes of at least 4 members (excludes halogenated alkanes) is 1. The number of esters is 1. The molecule has 0 aliphatic rings. The Bertz CT molecular complexity index is 640. The first-order chi connectivity index (χ1) is 11.6. The Morgan fingerprint density at radius 2 is 1.62 bits per heavy atom. The summed E-state index contributed by atoms with van der Waals surface area (Å²) in [7, 11) is -2.77. The van der Waals surface area contributed by atoms with E-state index in [0.717, 1.165) is 23.2 Å². The highest BCUT2D eigenvalue weighted by atomic mass is 28.4. The van der Waals surface area contributed by atoms with Gasteiger partial charge < -0.3 is 9.53 Å². The van der Waals surface area contributed by atoms with Crippen LogP contribution in [0.15, 0.2) is 54.6 Å². The number of hydrogen-bond donors (Lipinski definition) is 1. The van der Waals surface area contributed by atoms with Gasteiger partial charge in [-0.3, -0.25) is 4.79 Å². The molecular weight excluding hydrogens is 316 g/mol. The molecule has 1 atom stereocenters. The molecule has 1 unspecified atom stereocenters. The molecule has 0 saturated carbocycles. The lowest BCUT2D eigenvalue weighted by Crippen LogP contribution is -2.58. The maximum Gasteiger partial charge on any atom is 0.305 e. The van der Waals surface area contributed by atoms with Gasteiger partial charge in [0.15, 0.2) is 0 Å². The van der Waals surface area contributed by atoms with Crippen LogP contribution in [0.4, 0.5) is 0 Å². The Balaban J connectivity index is 2.12. The number of ether oxygens (including phenoxy) is 1. The molecule has 128 valence electrons. The second-order valence-electron chi connectivity index (χ2n) is 6.10. The molecule has 0 fully saturated rings. The first-order valence-corrected chi connectivity index (χ1v) is 10.7. The Morgan fingerprint density at radius 3 is 2.25 bits per heavy atom. The Hall–Kier alpha value is -1.91. The molecule has 0 aliphatic heterocycles. The summed E-state index contributed by atoms with van der Waals surface area (Å²) in [6.45, 7) is 4.29. The minimum absolute atomic E-state index is 0.155. The van der Waals surface area contributed by atoms with Gasteiger partial charge in [0.25, 0.3) is 8.32 Å². The molecular formula is C20H26O3Si. The van der Waals surface area contributed by atoms with Crippen molar-refractivity contribution in [2.45, 2.75) is 39.2 Å². The molecule has 0 aromatic heterocycles. The van der Waals surface area contributed by atoms with Gasteiger partial charge in [-0.15, -0.1) is 0 Å². The molecule has 3 nitrogen and oxygen atoms in total. The zero-order chi connectivity index (χ0) is 17.4. The quantitative estimate of drug-likeness (QED) is 0.456. The predicted octanol–water partition coefficient (Wildman–Crippen LogP) is 2.78. The van der Waals surface area contributed by atoms with Crippen LogP contribution in [0, 0.1) is 6.92 Å². The molecule has 0 saturated heterocycles. The van der Waals surface area contributed by atoms with Gasteiger partial charge in [0.2, 0.25) is 0 Å². The Labute approximate surface area is 145 Å². The molecule has 0 radical (unpaired) electrons. The van der Waals surface area contributed by atoms with Crippen molar-refractivity contribution in [2.75, 3.05) is 6.61 Å². The average Bonchev–Trinajstić information content (AvgIpc) is 2.60. The number of hydrogen-bond acceptors (Lipinski definition) is 3. The van der Waals surface area contributed by atoms with E-state index >= 15 is 0 Å². The molecule has 1 N–H and O–H groups in total.